The highest BCUT2D eigenvalue weighted by Gasteiger charge is 2.12. The van der Waals surface area contributed by atoms with Crippen molar-refractivity contribution in [1.29, 1.82) is 0 Å². The largest absolute Gasteiger partial charge is 0.351 e. The number of amides is 1. The van der Waals surface area contributed by atoms with Gasteiger partial charge in [-0.05, 0) is 24.6 Å². The smallest absolute Gasteiger partial charge is 0.251 e. The SMILES string of the molecule is Cc1c(Cl)cccc1C(=O)NCCN1CCNCC1. The first kappa shape index (κ1) is 14.3. The summed E-state index contributed by atoms with van der Waals surface area (Å²) < 4.78 is 0. The summed E-state index contributed by atoms with van der Waals surface area (Å²) in [5.74, 6) is -0.0462. The van der Waals surface area contributed by atoms with Gasteiger partial charge in [-0.1, -0.05) is 17.7 Å². The van der Waals surface area contributed by atoms with Crippen molar-refractivity contribution in [1.82, 2.24) is 15.5 Å². The minimum atomic E-state index is -0.0462. The van der Waals surface area contributed by atoms with E-state index in [9.17, 15) is 4.79 Å². The number of rotatable bonds is 4. The van der Waals surface area contributed by atoms with Gasteiger partial charge in [0.15, 0.2) is 0 Å². The minimum absolute atomic E-state index is 0.0462. The van der Waals surface area contributed by atoms with Gasteiger partial charge in [-0.2, -0.15) is 0 Å². The van der Waals surface area contributed by atoms with Crippen LogP contribution in [-0.4, -0.2) is 50.1 Å². The van der Waals surface area contributed by atoms with Crippen LogP contribution in [0.2, 0.25) is 5.02 Å². The first-order valence-corrected chi connectivity index (χ1v) is 7.02. The minimum Gasteiger partial charge on any atom is -0.351 e. The van der Waals surface area contributed by atoms with Gasteiger partial charge in [0.25, 0.3) is 5.91 Å². The Hall–Kier alpha value is -1.10. The summed E-state index contributed by atoms with van der Waals surface area (Å²) in [6.07, 6.45) is 0. The molecule has 0 unspecified atom stereocenters. The molecule has 0 spiro atoms. The van der Waals surface area contributed by atoms with Crippen LogP contribution in [0.4, 0.5) is 0 Å². The summed E-state index contributed by atoms with van der Waals surface area (Å²) in [7, 11) is 0. The van der Waals surface area contributed by atoms with E-state index in [1.54, 1.807) is 18.2 Å². The summed E-state index contributed by atoms with van der Waals surface area (Å²) in [5, 5.41) is 6.90. The molecule has 0 saturated carbocycles. The molecule has 0 atom stereocenters. The van der Waals surface area contributed by atoms with Crippen LogP contribution in [0.15, 0.2) is 18.2 Å². The van der Waals surface area contributed by atoms with Crippen molar-refractivity contribution >= 4 is 17.5 Å². The quantitative estimate of drug-likeness (QED) is 0.874. The van der Waals surface area contributed by atoms with Gasteiger partial charge in [-0.25, -0.2) is 0 Å². The summed E-state index contributed by atoms with van der Waals surface area (Å²) in [6.45, 7) is 7.59. The fourth-order valence-corrected chi connectivity index (χ4v) is 2.39. The first-order valence-electron chi connectivity index (χ1n) is 6.65. The van der Waals surface area contributed by atoms with Crippen LogP contribution in [0.1, 0.15) is 15.9 Å². The van der Waals surface area contributed by atoms with E-state index in [0.717, 1.165) is 38.3 Å². The molecule has 1 aliphatic heterocycles. The van der Waals surface area contributed by atoms with Crippen LogP contribution in [0.5, 0.6) is 0 Å². The zero-order chi connectivity index (χ0) is 13.7. The molecule has 1 saturated heterocycles. The molecule has 19 heavy (non-hydrogen) atoms. The second-order valence-electron chi connectivity index (χ2n) is 4.76. The maximum absolute atomic E-state index is 12.1. The van der Waals surface area contributed by atoms with E-state index in [2.05, 4.69) is 15.5 Å². The Morgan fingerprint density at radius 1 is 1.42 bits per heavy atom. The molecule has 0 radical (unpaired) electrons. The van der Waals surface area contributed by atoms with Gasteiger partial charge >= 0.3 is 0 Å². The molecule has 0 aliphatic carbocycles. The third-order valence-corrected chi connectivity index (χ3v) is 3.84. The molecule has 2 N–H and O–H groups in total. The van der Waals surface area contributed by atoms with E-state index < -0.39 is 0 Å². The molecule has 1 amide bonds. The molecule has 5 heteroatoms. The molecule has 0 bridgehead atoms. The van der Waals surface area contributed by atoms with Gasteiger partial charge in [0, 0.05) is 49.9 Å². The molecule has 1 aliphatic rings. The Labute approximate surface area is 119 Å². The van der Waals surface area contributed by atoms with Gasteiger partial charge < -0.3 is 10.6 Å². The number of hydrogen-bond donors (Lipinski definition) is 2. The van der Waals surface area contributed by atoms with Crippen molar-refractivity contribution in [3.8, 4) is 0 Å². The summed E-state index contributed by atoms with van der Waals surface area (Å²) in [4.78, 5) is 14.4. The monoisotopic (exact) mass is 281 g/mol. The molecule has 1 heterocycles. The Balaban J connectivity index is 1.82. The predicted octanol–water partition coefficient (Wildman–Crippen LogP) is 1.28. The van der Waals surface area contributed by atoms with Crippen molar-refractivity contribution in [2.75, 3.05) is 39.3 Å². The third kappa shape index (κ3) is 3.93. The number of nitrogens with zero attached hydrogens (tertiary/aromatic N) is 1. The number of hydrogen-bond acceptors (Lipinski definition) is 3. The molecule has 104 valence electrons. The van der Waals surface area contributed by atoms with Crippen LogP contribution in [0.3, 0.4) is 0 Å². The number of piperazine rings is 1. The van der Waals surface area contributed by atoms with Crippen LogP contribution < -0.4 is 10.6 Å². The Bertz CT molecular complexity index is 444. The van der Waals surface area contributed by atoms with Crippen molar-refractivity contribution in [3.05, 3.63) is 34.3 Å². The molecular weight excluding hydrogens is 262 g/mol. The number of benzene rings is 1. The number of carbonyl (C=O) groups excluding carboxylic acids is 1. The van der Waals surface area contributed by atoms with Gasteiger partial charge in [-0.15, -0.1) is 0 Å². The fourth-order valence-electron chi connectivity index (χ4n) is 2.21. The fraction of sp³-hybridized carbons (Fsp3) is 0.500. The van der Waals surface area contributed by atoms with Crippen molar-refractivity contribution in [3.63, 3.8) is 0 Å². The highest BCUT2D eigenvalue weighted by molar-refractivity contribution is 6.31. The topological polar surface area (TPSA) is 44.4 Å². The lowest BCUT2D eigenvalue weighted by Crippen LogP contribution is -2.46. The van der Waals surface area contributed by atoms with E-state index in [1.807, 2.05) is 6.92 Å². The van der Waals surface area contributed by atoms with Gasteiger partial charge in [0.05, 0.1) is 0 Å². The lowest BCUT2D eigenvalue weighted by atomic mass is 10.1. The van der Waals surface area contributed by atoms with E-state index in [4.69, 9.17) is 11.6 Å². The number of carbonyl (C=O) groups is 1. The Morgan fingerprint density at radius 2 is 2.16 bits per heavy atom. The normalized spacial score (nSPS) is 16.3. The number of nitrogens with one attached hydrogen (secondary N) is 2. The van der Waals surface area contributed by atoms with Crippen molar-refractivity contribution < 1.29 is 4.79 Å². The van der Waals surface area contributed by atoms with Gasteiger partial charge in [-0.3, -0.25) is 9.69 Å². The molecule has 1 aromatic carbocycles. The van der Waals surface area contributed by atoms with Crippen LogP contribution in [-0.2, 0) is 0 Å². The average molecular weight is 282 g/mol. The summed E-state index contributed by atoms with van der Waals surface area (Å²) in [6, 6.07) is 5.41. The first-order chi connectivity index (χ1) is 9.18. The highest BCUT2D eigenvalue weighted by Crippen LogP contribution is 2.18. The van der Waals surface area contributed by atoms with Crippen LogP contribution in [0.25, 0.3) is 0 Å². The molecule has 2 rings (SSSR count). The van der Waals surface area contributed by atoms with Crippen molar-refractivity contribution in [2.24, 2.45) is 0 Å². The standard InChI is InChI=1S/C14H20ClN3O/c1-11-12(3-2-4-13(11)15)14(19)17-7-10-18-8-5-16-6-9-18/h2-4,16H,5-10H2,1H3,(H,17,19). The van der Waals surface area contributed by atoms with E-state index in [0.29, 0.717) is 17.1 Å². The maximum Gasteiger partial charge on any atom is 0.251 e. The zero-order valence-electron chi connectivity index (χ0n) is 11.2. The Kier molecular flexibility index (Phi) is 5.19. The van der Waals surface area contributed by atoms with Crippen molar-refractivity contribution in [2.45, 2.75) is 6.92 Å². The van der Waals surface area contributed by atoms with Gasteiger partial charge in [0.2, 0.25) is 0 Å². The second-order valence-corrected chi connectivity index (χ2v) is 5.17. The molecular formula is C14H20ClN3O. The predicted molar refractivity (Wildman–Crippen MR) is 77.8 cm³/mol. The lowest BCUT2D eigenvalue weighted by Gasteiger charge is -2.27. The molecule has 1 aromatic rings. The lowest BCUT2D eigenvalue weighted by molar-refractivity contribution is 0.0946. The molecule has 1 fully saturated rings. The average Bonchev–Trinajstić information content (AvgIpc) is 2.43. The summed E-state index contributed by atoms with van der Waals surface area (Å²) >= 11 is 6.02. The van der Waals surface area contributed by atoms with E-state index in [1.165, 1.54) is 0 Å². The van der Waals surface area contributed by atoms with Crippen LogP contribution >= 0.6 is 11.6 Å². The van der Waals surface area contributed by atoms with Crippen LogP contribution in [0, 0.1) is 6.92 Å². The van der Waals surface area contributed by atoms with E-state index in [-0.39, 0.29) is 5.91 Å². The third-order valence-electron chi connectivity index (χ3n) is 3.44. The number of halogens is 1. The maximum atomic E-state index is 12.1. The summed E-state index contributed by atoms with van der Waals surface area (Å²) in [5.41, 5.74) is 1.50. The second kappa shape index (κ2) is 6.89. The molecule has 4 nitrogen and oxygen atoms in total. The zero-order valence-corrected chi connectivity index (χ0v) is 12.0. The van der Waals surface area contributed by atoms with Gasteiger partial charge in [0.1, 0.15) is 0 Å². The van der Waals surface area contributed by atoms with E-state index >= 15 is 0 Å². The molecule has 0 aromatic heterocycles. The Morgan fingerprint density at radius 3 is 2.89 bits per heavy atom. The highest BCUT2D eigenvalue weighted by atomic mass is 35.5.